The molecule has 32 heavy (non-hydrogen) atoms. The summed E-state index contributed by atoms with van der Waals surface area (Å²) in [5.41, 5.74) is 2.54. The van der Waals surface area contributed by atoms with E-state index in [2.05, 4.69) is 4.98 Å². The van der Waals surface area contributed by atoms with E-state index in [1.165, 1.54) is 16.3 Å². The molecular formula is C24H22ClN3O3S. The van der Waals surface area contributed by atoms with Crippen LogP contribution in [0.1, 0.15) is 16.9 Å². The molecule has 0 unspecified atom stereocenters. The van der Waals surface area contributed by atoms with Crippen LogP contribution < -0.4 is 5.56 Å². The lowest BCUT2D eigenvalue weighted by molar-refractivity contribution is -0.127. The highest BCUT2D eigenvalue weighted by Crippen LogP contribution is 2.22. The molecule has 0 radical (unpaired) electrons. The lowest BCUT2D eigenvalue weighted by Crippen LogP contribution is -2.29. The fraction of sp³-hybridized carbons (Fsp3) is 0.208. The Morgan fingerprint density at radius 2 is 2.00 bits per heavy atom. The van der Waals surface area contributed by atoms with E-state index >= 15 is 0 Å². The predicted octanol–water partition coefficient (Wildman–Crippen LogP) is 4.75. The molecule has 0 saturated heterocycles. The Balaban J connectivity index is 1.59. The minimum Gasteiger partial charge on any atom is -0.467 e. The fourth-order valence-corrected chi connectivity index (χ4v) is 4.45. The van der Waals surface area contributed by atoms with Gasteiger partial charge < -0.3 is 9.32 Å². The number of aromatic nitrogens is 2. The van der Waals surface area contributed by atoms with Gasteiger partial charge in [-0.15, -0.1) is 0 Å². The second-order valence-electron chi connectivity index (χ2n) is 7.49. The first-order chi connectivity index (χ1) is 15.4. The van der Waals surface area contributed by atoms with Gasteiger partial charge >= 0.3 is 0 Å². The van der Waals surface area contributed by atoms with Crippen LogP contribution in [-0.4, -0.2) is 33.2 Å². The molecule has 164 valence electrons. The number of hydrogen-bond donors (Lipinski definition) is 0. The van der Waals surface area contributed by atoms with Gasteiger partial charge in [-0.2, -0.15) is 0 Å². The molecule has 6 nitrogen and oxygen atoms in total. The average Bonchev–Trinajstić information content (AvgIpc) is 3.29. The van der Waals surface area contributed by atoms with Crippen LogP contribution in [0.2, 0.25) is 5.02 Å². The van der Waals surface area contributed by atoms with Crippen molar-refractivity contribution < 1.29 is 9.21 Å². The standard InChI is InChI=1S/C24H22ClN3O3S/c1-16-6-3-4-7-17(16)13-27(2)22(29)15-32-24-26-21-12-18(25)9-10-20(21)23(30)28(24)14-19-8-5-11-31-19/h3-12H,13-15H2,1-2H3. The number of benzene rings is 2. The van der Waals surface area contributed by atoms with Crippen LogP contribution >= 0.6 is 23.4 Å². The lowest BCUT2D eigenvalue weighted by Gasteiger charge is -2.19. The zero-order valence-corrected chi connectivity index (χ0v) is 19.3. The molecule has 2 aromatic carbocycles. The summed E-state index contributed by atoms with van der Waals surface area (Å²) in [6.45, 7) is 2.78. The molecule has 0 spiro atoms. The van der Waals surface area contributed by atoms with E-state index < -0.39 is 0 Å². The molecule has 0 aliphatic rings. The summed E-state index contributed by atoms with van der Waals surface area (Å²) < 4.78 is 6.96. The first-order valence-corrected chi connectivity index (χ1v) is 11.4. The van der Waals surface area contributed by atoms with E-state index in [1.54, 1.807) is 48.5 Å². The Morgan fingerprint density at radius 1 is 1.19 bits per heavy atom. The number of amides is 1. The minimum atomic E-state index is -0.203. The molecule has 8 heteroatoms. The van der Waals surface area contributed by atoms with Crippen molar-refractivity contribution in [1.82, 2.24) is 14.5 Å². The van der Waals surface area contributed by atoms with E-state index in [1.807, 2.05) is 31.2 Å². The third-order valence-corrected chi connectivity index (χ3v) is 6.39. The third kappa shape index (κ3) is 4.89. The highest BCUT2D eigenvalue weighted by atomic mass is 35.5. The first-order valence-electron chi connectivity index (χ1n) is 10.1. The van der Waals surface area contributed by atoms with E-state index in [0.29, 0.717) is 33.4 Å². The Morgan fingerprint density at radius 3 is 2.75 bits per heavy atom. The van der Waals surface area contributed by atoms with Gasteiger partial charge in [0, 0.05) is 18.6 Å². The largest absolute Gasteiger partial charge is 0.467 e. The molecule has 0 N–H and O–H groups in total. The number of aryl methyl sites for hydroxylation is 1. The van der Waals surface area contributed by atoms with Crippen molar-refractivity contribution >= 4 is 40.2 Å². The molecule has 0 bridgehead atoms. The van der Waals surface area contributed by atoms with Crippen molar-refractivity contribution in [2.24, 2.45) is 0 Å². The molecule has 0 aliphatic carbocycles. The van der Waals surface area contributed by atoms with Crippen molar-refractivity contribution in [2.45, 2.75) is 25.2 Å². The highest BCUT2D eigenvalue weighted by Gasteiger charge is 2.17. The Bertz CT molecular complexity index is 1320. The molecule has 4 rings (SSSR count). The maximum Gasteiger partial charge on any atom is 0.262 e. The number of carbonyl (C=O) groups excluding carboxylic acids is 1. The maximum atomic E-state index is 13.2. The van der Waals surface area contributed by atoms with Crippen LogP contribution in [0.3, 0.4) is 0 Å². The van der Waals surface area contributed by atoms with Gasteiger partial charge in [0.15, 0.2) is 5.16 Å². The highest BCUT2D eigenvalue weighted by molar-refractivity contribution is 7.99. The van der Waals surface area contributed by atoms with Gasteiger partial charge in [0.25, 0.3) is 5.56 Å². The molecule has 2 aromatic heterocycles. The Kier molecular flexibility index (Phi) is 6.67. The number of fused-ring (bicyclic) bond motifs is 1. The monoisotopic (exact) mass is 467 g/mol. The topological polar surface area (TPSA) is 68.3 Å². The number of thioether (sulfide) groups is 1. The van der Waals surface area contributed by atoms with Crippen molar-refractivity contribution in [2.75, 3.05) is 12.8 Å². The van der Waals surface area contributed by atoms with Crippen molar-refractivity contribution in [1.29, 1.82) is 0 Å². The normalized spacial score (nSPS) is 11.1. The molecule has 1 amide bonds. The summed E-state index contributed by atoms with van der Waals surface area (Å²) in [4.78, 5) is 32.3. The third-order valence-electron chi connectivity index (χ3n) is 5.20. The van der Waals surface area contributed by atoms with Crippen LogP contribution in [0, 0.1) is 6.92 Å². The van der Waals surface area contributed by atoms with Gasteiger partial charge in [0.05, 0.1) is 29.5 Å². The molecule has 0 saturated carbocycles. The van der Waals surface area contributed by atoms with E-state index in [-0.39, 0.29) is 23.8 Å². The zero-order chi connectivity index (χ0) is 22.7. The number of halogens is 1. The summed E-state index contributed by atoms with van der Waals surface area (Å²) in [7, 11) is 1.78. The first kappa shape index (κ1) is 22.2. The minimum absolute atomic E-state index is 0.0526. The average molecular weight is 468 g/mol. The van der Waals surface area contributed by atoms with Crippen LogP contribution in [0.5, 0.6) is 0 Å². The smallest absolute Gasteiger partial charge is 0.262 e. The van der Waals surface area contributed by atoms with Crippen LogP contribution in [0.4, 0.5) is 0 Å². The number of hydrogen-bond acceptors (Lipinski definition) is 5. The van der Waals surface area contributed by atoms with Gasteiger partial charge in [-0.25, -0.2) is 4.98 Å². The van der Waals surface area contributed by atoms with Crippen LogP contribution in [0.15, 0.2) is 75.2 Å². The second kappa shape index (κ2) is 9.63. The molecule has 4 aromatic rings. The molecule has 2 heterocycles. The van der Waals surface area contributed by atoms with Gasteiger partial charge in [-0.1, -0.05) is 47.6 Å². The predicted molar refractivity (Wildman–Crippen MR) is 127 cm³/mol. The van der Waals surface area contributed by atoms with Crippen molar-refractivity contribution in [3.63, 3.8) is 0 Å². The van der Waals surface area contributed by atoms with Crippen LogP contribution in [-0.2, 0) is 17.9 Å². The van der Waals surface area contributed by atoms with E-state index in [0.717, 1.165) is 11.1 Å². The molecule has 0 fully saturated rings. The van der Waals surface area contributed by atoms with Gasteiger partial charge in [0.2, 0.25) is 5.91 Å². The summed E-state index contributed by atoms with van der Waals surface area (Å²) in [6, 6.07) is 16.6. The molecular weight excluding hydrogens is 446 g/mol. The number of rotatable bonds is 7. The van der Waals surface area contributed by atoms with Gasteiger partial charge in [-0.3, -0.25) is 14.2 Å². The maximum absolute atomic E-state index is 13.2. The van der Waals surface area contributed by atoms with Gasteiger partial charge in [0.1, 0.15) is 5.76 Å². The molecule has 0 aliphatic heterocycles. The SMILES string of the molecule is Cc1ccccc1CN(C)C(=O)CSc1nc2cc(Cl)ccc2c(=O)n1Cc1ccco1. The fourth-order valence-electron chi connectivity index (χ4n) is 3.35. The van der Waals surface area contributed by atoms with Crippen molar-refractivity contribution in [3.05, 3.63) is 93.1 Å². The molecule has 0 atom stereocenters. The zero-order valence-electron chi connectivity index (χ0n) is 17.7. The second-order valence-corrected chi connectivity index (χ2v) is 8.87. The lowest BCUT2D eigenvalue weighted by atomic mass is 10.1. The summed E-state index contributed by atoms with van der Waals surface area (Å²) >= 11 is 7.34. The summed E-state index contributed by atoms with van der Waals surface area (Å²) in [5.74, 6) is 0.731. The number of nitrogens with zero attached hydrogens (tertiary/aromatic N) is 3. The van der Waals surface area contributed by atoms with Gasteiger partial charge in [-0.05, 0) is 48.4 Å². The number of carbonyl (C=O) groups is 1. The summed E-state index contributed by atoms with van der Waals surface area (Å²) in [6.07, 6.45) is 1.56. The van der Waals surface area contributed by atoms with E-state index in [4.69, 9.17) is 16.0 Å². The van der Waals surface area contributed by atoms with Crippen LogP contribution in [0.25, 0.3) is 10.9 Å². The Hall–Kier alpha value is -3.03. The quantitative estimate of drug-likeness (QED) is 0.290. The summed E-state index contributed by atoms with van der Waals surface area (Å²) in [5, 5.41) is 1.41. The Labute approximate surface area is 194 Å². The van der Waals surface area contributed by atoms with E-state index in [9.17, 15) is 9.59 Å². The van der Waals surface area contributed by atoms with Crippen molar-refractivity contribution in [3.8, 4) is 0 Å². The number of furan rings is 1.